The third kappa shape index (κ3) is 2.59. The summed E-state index contributed by atoms with van der Waals surface area (Å²) in [5.74, 6) is 0. The Kier molecular flexibility index (Phi) is 3.90. The van der Waals surface area contributed by atoms with Crippen molar-refractivity contribution in [2.24, 2.45) is 0 Å². The molecule has 0 unspecified atom stereocenters. The lowest BCUT2D eigenvalue weighted by atomic mass is 10.2. The molecule has 7 heteroatoms. The summed E-state index contributed by atoms with van der Waals surface area (Å²) in [5.41, 5.74) is 0.841. The minimum atomic E-state index is -4.51. The molecule has 0 saturated heterocycles. The zero-order chi connectivity index (χ0) is 15.0. The highest BCUT2D eigenvalue weighted by molar-refractivity contribution is 8.67. The van der Waals surface area contributed by atoms with Crippen molar-refractivity contribution in [1.82, 2.24) is 0 Å². The topological polar surface area (TPSA) is 68.3 Å². The maximum atomic E-state index is 12.2. The molecule has 0 heterocycles. The highest BCUT2D eigenvalue weighted by Crippen LogP contribution is 2.25. The second kappa shape index (κ2) is 5.20. The quantitative estimate of drug-likeness (QED) is 0.811. The van der Waals surface area contributed by atoms with E-state index in [0.717, 1.165) is 5.56 Å². The predicted molar refractivity (Wildman–Crippen MR) is 77.0 cm³/mol. The van der Waals surface area contributed by atoms with E-state index < -0.39 is 17.7 Å². The third-order valence-electron chi connectivity index (χ3n) is 2.70. The summed E-state index contributed by atoms with van der Waals surface area (Å²) in [6.45, 7) is 1.78. The van der Waals surface area contributed by atoms with Crippen LogP contribution >= 0.6 is 11.6 Å². The van der Waals surface area contributed by atoms with Gasteiger partial charge in [-0.15, -0.1) is 0 Å². The van der Waals surface area contributed by atoms with E-state index in [1.807, 2.05) is 0 Å². The van der Waals surface area contributed by atoms with Gasteiger partial charge < -0.3 is 0 Å². The Morgan fingerprint density at radius 2 is 1.05 bits per heavy atom. The van der Waals surface area contributed by atoms with Crippen LogP contribution in [-0.4, -0.2) is 16.8 Å². The van der Waals surface area contributed by atoms with Crippen LogP contribution in [0.25, 0.3) is 0 Å². The van der Waals surface area contributed by atoms with Crippen LogP contribution in [0.5, 0.6) is 0 Å². The Hall–Kier alpha value is -1.37. The molecule has 0 aromatic heterocycles. The van der Waals surface area contributed by atoms with E-state index in [0.29, 0.717) is 5.02 Å². The first kappa shape index (κ1) is 15.0. The minimum absolute atomic E-state index is 0.252. The Morgan fingerprint density at radius 3 is 1.45 bits per heavy atom. The maximum Gasteiger partial charge on any atom is 0.286 e. The first-order valence-electron chi connectivity index (χ1n) is 5.57. The molecule has 0 aliphatic rings. The summed E-state index contributed by atoms with van der Waals surface area (Å²) in [6.07, 6.45) is 0. The normalized spacial score (nSPS) is 12.3. The van der Waals surface area contributed by atoms with Crippen molar-refractivity contribution in [3.8, 4) is 0 Å². The number of hydrogen-bond acceptors (Lipinski definition) is 4. The van der Waals surface area contributed by atoms with Crippen LogP contribution < -0.4 is 0 Å². The molecule has 0 aliphatic carbocycles. The molecule has 0 saturated carbocycles. The molecule has 2 aromatic rings. The van der Waals surface area contributed by atoms with Gasteiger partial charge in [0, 0.05) is 5.02 Å². The van der Waals surface area contributed by atoms with Gasteiger partial charge in [-0.2, -0.15) is 0 Å². The Balaban J connectivity index is 2.58. The number of rotatable bonds is 3. The number of hydrogen-bond donors (Lipinski definition) is 0. The third-order valence-corrected chi connectivity index (χ3v) is 8.12. The van der Waals surface area contributed by atoms with E-state index in [4.69, 9.17) is 11.6 Å². The molecule has 0 N–H and O–H groups in total. The average Bonchev–Trinajstić information content (AvgIpc) is 2.39. The molecular weight excluding hydrogens is 320 g/mol. The molecular formula is C13H11ClO4S2. The van der Waals surface area contributed by atoms with Gasteiger partial charge in [0.2, 0.25) is 0 Å². The molecule has 2 aromatic carbocycles. The van der Waals surface area contributed by atoms with Crippen molar-refractivity contribution < 1.29 is 16.8 Å². The SMILES string of the molecule is Cc1ccc(S(=O)(=O)S(=O)(=O)c2ccc(Cl)cc2)cc1. The van der Waals surface area contributed by atoms with Gasteiger partial charge in [0.1, 0.15) is 0 Å². The van der Waals surface area contributed by atoms with Gasteiger partial charge in [-0.1, -0.05) is 29.3 Å². The van der Waals surface area contributed by atoms with E-state index in [-0.39, 0.29) is 9.79 Å². The largest absolute Gasteiger partial charge is 0.286 e. The first-order valence-corrected chi connectivity index (χ1v) is 9.43. The van der Waals surface area contributed by atoms with Crippen LogP contribution in [0.15, 0.2) is 58.3 Å². The van der Waals surface area contributed by atoms with Gasteiger partial charge in [0.25, 0.3) is 17.7 Å². The van der Waals surface area contributed by atoms with E-state index in [2.05, 4.69) is 0 Å². The highest BCUT2D eigenvalue weighted by Gasteiger charge is 2.33. The van der Waals surface area contributed by atoms with Gasteiger partial charge in [0.15, 0.2) is 0 Å². The van der Waals surface area contributed by atoms with Gasteiger partial charge in [-0.25, -0.2) is 16.8 Å². The molecule has 0 bridgehead atoms. The van der Waals surface area contributed by atoms with Gasteiger partial charge in [-0.05, 0) is 43.3 Å². The Morgan fingerprint density at radius 1 is 0.700 bits per heavy atom. The van der Waals surface area contributed by atoms with Crippen molar-refractivity contribution in [2.75, 3.05) is 0 Å². The molecule has 0 atom stereocenters. The highest BCUT2D eigenvalue weighted by atomic mass is 35.5. The van der Waals surface area contributed by atoms with Crippen LogP contribution in [-0.2, 0) is 17.7 Å². The molecule has 0 spiro atoms. The summed E-state index contributed by atoms with van der Waals surface area (Å²) in [4.78, 5) is -0.555. The van der Waals surface area contributed by atoms with Gasteiger partial charge in [-0.3, -0.25) is 0 Å². The van der Waals surface area contributed by atoms with Crippen molar-refractivity contribution in [2.45, 2.75) is 16.7 Å². The summed E-state index contributed by atoms with van der Waals surface area (Å²) < 4.78 is 48.9. The molecule has 106 valence electrons. The van der Waals surface area contributed by atoms with Crippen molar-refractivity contribution >= 4 is 29.3 Å². The number of halogens is 1. The lowest BCUT2D eigenvalue weighted by Crippen LogP contribution is -2.16. The summed E-state index contributed by atoms with van der Waals surface area (Å²) in [5, 5.41) is 0.330. The van der Waals surface area contributed by atoms with Crippen LogP contribution in [0.1, 0.15) is 5.56 Å². The maximum absolute atomic E-state index is 12.2. The summed E-state index contributed by atoms with van der Waals surface area (Å²) >= 11 is 5.67. The fourth-order valence-electron chi connectivity index (χ4n) is 1.56. The standard InChI is InChI=1S/C13H11ClO4S2/c1-10-2-6-12(7-3-10)19(15,16)20(17,18)13-8-4-11(14)5-9-13/h2-9H,1H3. The molecule has 0 fully saturated rings. The molecule has 4 nitrogen and oxygen atoms in total. The molecule has 2 rings (SSSR count). The van der Waals surface area contributed by atoms with E-state index in [1.165, 1.54) is 36.4 Å². The molecule has 0 amide bonds. The monoisotopic (exact) mass is 330 g/mol. The van der Waals surface area contributed by atoms with Crippen molar-refractivity contribution in [3.05, 3.63) is 59.1 Å². The second-order valence-electron chi connectivity index (χ2n) is 4.18. The predicted octanol–water partition coefficient (Wildman–Crippen LogP) is 2.81. The van der Waals surface area contributed by atoms with Crippen LogP contribution in [0.4, 0.5) is 0 Å². The minimum Gasteiger partial charge on any atom is -0.207 e. The van der Waals surface area contributed by atoms with E-state index >= 15 is 0 Å². The summed E-state index contributed by atoms with van der Waals surface area (Å²) in [7, 11) is -9.00. The Labute approximate surface area is 122 Å². The van der Waals surface area contributed by atoms with Crippen LogP contribution in [0.3, 0.4) is 0 Å². The first-order chi connectivity index (χ1) is 9.25. The summed E-state index contributed by atoms with van der Waals surface area (Å²) in [6, 6.07) is 10.6. The zero-order valence-electron chi connectivity index (χ0n) is 10.4. The van der Waals surface area contributed by atoms with Crippen molar-refractivity contribution in [3.63, 3.8) is 0 Å². The molecule has 20 heavy (non-hydrogen) atoms. The van der Waals surface area contributed by atoms with Crippen LogP contribution in [0.2, 0.25) is 5.02 Å². The zero-order valence-corrected chi connectivity index (χ0v) is 12.8. The molecule has 0 aliphatic heterocycles. The number of aryl methyl sites for hydroxylation is 1. The smallest absolute Gasteiger partial charge is 0.207 e. The Bertz CT molecular complexity index is 747. The lowest BCUT2D eigenvalue weighted by Gasteiger charge is -2.06. The average molecular weight is 331 g/mol. The van der Waals surface area contributed by atoms with E-state index in [1.54, 1.807) is 19.1 Å². The van der Waals surface area contributed by atoms with Gasteiger partial charge in [0.05, 0.1) is 9.79 Å². The van der Waals surface area contributed by atoms with Crippen LogP contribution in [0, 0.1) is 6.92 Å². The second-order valence-corrected chi connectivity index (χ2v) is 10.0. The van der Waals surface area contributed by atoms with Gasteiger partial charge >= 0.3 is 0 Å². The fourth-order valence-corrected chi connectivity index (χ4v) is 5.32. The lowest BCUT2D eigenvalue weighted by molar-refractivity contribution is 0.582. The van der Waals surface area contributed by atoms with E-state index in [9.17, 15) is 16.8 Å². The fraction of sp³-hybridized carbons (Fsp3) is 0.0769. The molecule has 0 radical (unpaired) electrons. The number of benzene rings is 2. The van der Waals surface area contributed by atoms with Crippen molar-refractivity contribution in [1.29, 1.82) is 0 Å².